The molecule has 1 saturated heterocycles. The third-order valence-electron chi connectivity index (χ3n) is 3.68. The van der Waals surface area contributed by atoms with Crippen LogP contribution in [0, 0.1) is 5.92 Å². The quantitative estimate of drug-likeness (QED) is 0.783. The van der Waals surface area contributed by atoms with Gasteiger partial charge in [-0.2, -0.15) is 0 Å². The van der Waals surface area contributed by atoms with E-state index in [4.69, 9.17) is 9.84 Å². The zero-order chi connectivity index (χ0) is 13.5. The third-order valence-corrected chi connectivity index (χ3v) is 3.68. The minimum atomic E-state index is -0.963. The van der Waals surface area contributed by atoms with Crippen molar-refractivity contribution in [2.45, 2.75) is 45.1 Å². The van der Waals surface area contributed by atoms with Gasteiger partial charge in [0.15, 0.2) is 0 Å². The van der Waals surface area contributed by atoms with Gasteiger partial charge in [-0.15, -0.1) is 0 Å². The van der Waals surface area contributed by atoms with Crippen LogP contribution in [0.4, 0.5) is 0 Å². The standard InChI is InChI=1S/C13H23NO4/c1-10(13(16)17)14(2)12(15)5-3-4-11-6-8-18-9-7-11/h10-11H,3-9H2,1-2H3,(H,16,17). The van der Waals surface area contributed by atoms with Gasteiger partial charge < -0.3 is 14.7 Å². The zero-order valence-electron chi connectivity index (χ0n) is 11.2. The summed E-state index contributed by atoms with van der Waals surface area (Å²) in [5.74, 6) is -0.388. The molecule has 104 valence electrons. The Morgan fingerprint density at radius 1 is 1.39 bits per heavy atom. The molecule has 1 rings (SSSR count). The molecule has 0 spiro atoms. The van der Waals surface area contributed by atoms with Crippen LogP contribution in [0.1, 0.15) is 39.0 Å². The average Bonchev–Trinajstić information content (AvgIpc) is 2.38. The molecule has 1 amide bonds. The topological polar surface area (TPSA) is 66.8 Å². The highest BCUT2D eigenvalue weighted by Crippen LogP contribution is 2.21. The lowest BCUT2D eigenvalue weighted by Gasteiger charge is -2.23. The van der Waals surface area contributed by atoms with Crippen LogP contribution >= 0.6 is 0 Å². The lowest BCUT2D eigenvalue weighted by Crippen LogP contribution is -2.40. The highest BCUT2D eigenvalue weighted by molar-refractivity contribution is 5.83. The number of carboxylic acid groups (broad SMARTS) is 1. The van der Waals surface area contributed by atoms with Crippen molar-refractivity contribution < 1.29 is 19.4 Å². The number of rotatable bonds is 6. The van der Waals surface area contributed by atoms with E-state index in [-0.39, 0.29) is 5.91 Å². The molecule has 0 aromatic rings. The van der Waals surface area contributed by atoms with Crippen molar-refractivity contribution in [3.05, 3.63) is 0 Å². The summed E-state index contributed by atoms with van der Waals surface area (Å²) < 4.78 is 5.28. The summed E-state index contributed by atoms with van der Waals surface area (Å²) in [5.41, 5.74) is 0. The van der Waals surface area contributed by atoms with Crippen LogP contribution < -0.4 is 0 Å². The molecule has 1 atom stereocenters. The summed E-state index contributed by atoms with van der Waals surface area (Å²) in [7, 11) is 1.55. The summed E-state index contributed by atoms with van der Waals surface area (Å²) in [6.45, 7) is 3.18. The third kappa shape index (κ3) is 4.64. The molecule has 1 N–H and O–H groups in total. The van der Waals surface area contributed by atoms with Gasteiger partial charge in [0, 0.05) is 26.7 Å². The summed E-state index contributed by atoms with van der Waals surface area (Å²) in [5, 5.41) is 8.82. The highest BCUT2D eigenvalue weighted by atomic mass is 16.5. The second-order valence-corrected chi connectivity index (χ2v) is 4.97. The van der Waals surface area contributed by atoms with Gasteiger partial charge in [-0.05, 0) is 38.5 Å². The molecule has 18 heavy (non-hydrogen) atoms. The van der Waals surface area contributed by atoms with Crippen molar-refractivity contribution in [3.8, 4) is 0 Å². The second-order valence-electron chi connectivity index (χ2n) is 4.97. The molecule has 1 aliphatic heterocycles. The van der Waals surface area contributed by atoms with Crippen molar-refractivity contribution in [3.63, 3.8) is 0 Å². The van der Waals surface area contributed by atoms with E-state index >= 15 is 0 Å². The number of hydrogen-bond donors (Lipinski definition) is 1. The monoisotopic (exact) mass is 257 g/mol. The fourth-order valence-electron chi connectivity index (χ4n) is 2.14. The molecule has 0 aromatic carbocycles. The molecule has 5 heteroatoms. The first kappa shape index (κ1) is 15.0. The molecule has 1 aliphatic rings. The van der Waals surface area contributed by atoms with Gasteiger partial charge in [0.05, 0.1) is 0 Å². The van der Waals surface area contributed by atoms with Crippen LogP contribution in [-0.2, 0) is 14.3 Å². The fraction of sp³-hybridized carbons (Fsp3) is 0.846. The van der Waals surface area contributed by atoms with E-state index < -0.39 is 12.0 Å². The largest absolute Gasteiger partial charge is 0.480 e. The Bertz CT molecular complexity index is 287. The minimum Gasteiger partial charge on any atom is -0.480 e. The van der Waals surface area contributed by atoms with Gasteiger partial charge >= 0.3 is 5.97 Å². The maximum atomic E-state index is 11.8. The first-order valence-corrected chi connectivity index (χ1v) is 6.58. The summed E-state index contributed by atoms with van der Waals surface area (Å²) >= 11 is 0. The molecule has 1 heterocycles. The predicted molar refractivity (Wildman–Crippen MR) is 67.3 cm³/mol. The van der Waals surface area contributed by atoms with E-state index in [1.165, 1.54) is 11.8 Å². The van der Waals surface area contributed by atoms with Gasteiger partial charge in [0.2, 0.25) is 5.91 Å². The normalized spacial score (nSPS) is 18.3. The Morgan fingerprint density at radius 3 is 2.56 bits per heavy atom. The predicted octanol–water partition coefficient (Wildman–Crippen LogP) is 1.51. The van der Waals surface area contributed by atoms with E-state index in [9.17, 15) is 9.59 Å². The molecule has 1 unspecified atom stereocenters. The second kappa shape index (κ2) is 7.36. The molecule has 0 bridgehead atoms. The average molecular weight is 257 g/mol. The molecule has 5 nitrogen and oxygen atoms in total. The lowest BCUT2D eigenvalue weighted by molar-refractivity contribution is -0.148. The van der Waals surface area contributed by atoms with Crippen LogP contribution in [0.15, 0.2) is 0 Å². The molecule has 1 fully saturated rings. The van der Waals surface area contributed by atoms with E-state index in [2.05, 4.69) is 0 Å². The van der Waals surface area contributed by atoms with Gasteiger partial charge in [-0.3, -0.25) is 4.79 Å². The fourth-order valence-corrected chi connectivity index (χ4v) is 2.14. The Morgan fingerprint density at radius 2 is 2.00 bits per heavy atom. The molecular weight excluding hydrogens is 234 g/mol. The lowest BCUT2D eigenvalue weighted by atomic mass is 9.94. The maximum absolute atomic E-state index is 11.8. The molecular formula is C13H23NO4. The Kier molecular flexibility index (Phi) is 6.12. The van der Waals surface area contributed by atoms with E-state index in [0.29, 0.717) is 12.3 Å². The first-order valence-electron chi connectivity index (χ1n) is 6.58. The van der Waals surface area contributed by atoms with Gasteiger partial charge in [0.25, 0.3) is 0 Å². The maximum Gasteiger partial charge on any atom is 0.326 e. The van der Waals surface area contributed by atoms with E-state index in [1.807, 2.05) is 0 Å². The number of amides is 1. The molecule has 0 aliphatic carbocycles. The van der Waals surface area contributed by atoms with Crippen LogP contribution in [-0.4, -0.2) is 48.2 Å². The highest BCUT2D eigenvalue weighted by Gasteiger charge is 2.21. The van der Waals surface area contributed by atoms with Crippen LogP contribution in [0.25, 0.3) is 0 Å². The van der Waals surface area contributed by atoms with Crippen LogP contribution in [0.5, 0.6) is 0 Å². The number of ether oxygens (including phenoxy) is 1. The van der Waals surface area contributed by atoms with Gasteiger partial charge in [-0.1, -0.05) is 0 Å². The number of nitrogens with zero attached hydrogens (tertiary/aromatic N) is 1. The first-order chi connectivity index (χ1) is 8.52. The molecule has 0 aromatic heterocycles. The van der Waals surface area contributed by atoms with Crippen LogP contribution in [0.3, 0.4) is 0 Å². The zero-order valence-corrected chi connectivity index (χ0v) is 11.2. The van der Waals surface area contributed by atoms with Crippen molar-refractivity contribution in [1.29, 1.82) is 0 Å². The van der Waals surface area contributed by atoms with Crippen molar-refractivity contribution in [2.75, 3.05) is 20.3 Å². The number of carbonyl (C=O) groups excluding carboxylic acids is 1. The number of carbonyl (C=O) groups is 2. The number of carboxylic acids is 1. The Labute approximate surface area is 108 Å². The Balaban J connectivity index is 2.21. The number of aliphatic carboxylic acids is 1. The van der Waals surface area contributed by atoms with E-state index in [1.54, 1.807) is 7.05 Å². The summed E-state index contributed by atoms with van der Waals surface area (Å²) in [4.78, 5) is 23.8. The van der Waals surface area contributed by atoms with Crippen molar-refractivity contribution >= 4 is 11.9 Å². The Hall–Kier alpha value is -1.10. The summed E-state index contributed by atoms with van der Waals surface area (Å²) in [6.07, 6.45) is 4.46. The SMILES string of the molecule is CC(C(=O)O)N(C)C(=O)CCCC1CCOCC1. The number of hydrogen-bond acceptors (Lipinski definition) is 3. The van der Waals surface area contributed by atoms with Gasteiger partial charge in [0.1, 0.15) is 6.04 Å². The van der Waals surface area contributed by atoms with Crippen LogP contribution in [0.2, 0.25) is 0 Å². The van der Waals surface area contributed by atoms with Crippen molar-refractivity contribution in [1.82, 2.24) is 4.90 Å². The van der Waals surface area contributed by atoms with E-state index in [0.717, 1.165) is 38.9 Å². The molecule has 0 radical (unpaired) electrons. The summed E-state index contributed by atoms with van der Waals surface area (Å²) in [6, 6.07) is -0.749. The number of likely N-dealkylation sites (N-methyl/N-ethyl adjacent to an activating group) is 1. The molecule has 0 saturated carbocycles. The minimum absolute atomic E-state index is 0.0861. The smallest absolute Gasteiger partial charge is 0.326 e. The van der Waals surface area contributed by atoms with Crippen molar-refractivity contribution in [2.24, 2.45) is 5.92 Å². The van der Waals surface area contributed by atoms with Gasteiger partial charge in [-0.25, -0.2) is 4.79 Å².